The van der Waals surface area contributed by atoms with Gasteiger partial charge in [0.2, 0.25) is 0 Å². The van der Waals surface area contributed by atoms with Crippen LogP contribution in [-0.4, -0.2) is 43.6 Å². The molecule has 10 nitrogen and oxygen atoms in total. The third-order valence-corrected chi connectivity index (χ3v) is 4.73. The Hall–Kier alpha value is -4.08. The maximum absolute atomic E-state index is 12.6. The number of rotatable bonds is 8. The van der Waals surface area contributed by atoms with E-state index in [-0.39, 0.29) is 24.4 Å². The molecule has 10 heteroatoms. The average Bonchev–Trinajstić information content (AvgIpc) is 3.30. The molecule has 3 amide bonds. The number of hydrogen-bond acceptors (Lipinski definition) is 7. The molecular formula is C23H25N3O7. The van der Waals surface area contributed by atoms with Gasteiger partial charge in [-0.1, -0.05) is 17.2 Å². The summed E-state index contributed by atoms with van der Waals surface area (Å²) < 4.78 is 15.6. The standard InChI is InChI=1S/C23H25N3O7/c1-4-31-22(29)19-16(25-23(30)26-20(19)17-6-5-7-32-17)12-33-18(27)11-24-21(28)15-9-13(2)8-14(3)10-15/h5-10,20H,4,11-12H2,1-3H3,(H,24,28)(H2,25,26,30). The van der Waals surface area contributed by atoms with Crippen LogP contribution in [0.3, 0.4) is 0 Å². The minimum absolute atomic E-state index is 0.0541. The quantitative estimate of drug-likeness (QED) is 0.518. The lowest BCUT2D eigenvalue weighted by atomic mass is 10.0. The Balaban J connectivity index is 1.69. The first-order chi connectivity index (χ1) is 15.8. The fraction of sp³-hybridized carbons (Fsp3) is 0.304. The maximum atomic E-state index is 12.6. The normalized spacial score (nSPS) is 15.4. The van der Waals surface area contributed by atoms with Crippen molar-refractivity contribution < 1.29 is 33.1 Å². The third-order valence-electron chi connectivity index (χ3n) is 4.73. The van der Waals surface area contributed by atoms with Crippen molar-refractivity contribution in [3.8, 4) is 0 Å². The van der Waals surface area contributed by atoms with Gasteiger partial charge in [-0.25, -0.2) is 9.59 Å². The maximum Gasteiger partial charge on any atom is 0.338 e. The van der Waals surface area contributed by atoms with Crippen molar-refractivity contribution >= 4 is 23.9 Å². The van der Waals surface area contributed by atoms with Gasteiger partial charge in [0.05, 0.1) is 24.1 Å². The van der Waals surface area contributed by atoms with Crippen LogP contribution in [0.25, 0.3) is 0 Å². The first-order valence-electron chi connectivity index (χ1n) is 10.3. The molecule has 0 saturated heterocycles. The van der Waals surface area contributed by atoms with Gasteiger partial charge in [-0.3, -0.25) is 9.59 Å². The van der Waals surface area contributed by atoms with Crippen LogP contribution in [-0.2, 0) is 19.1 Å². The number of urea groups is 1. The molecule has 0 radical (unpaired) electrons. The van der Waals surface area contributed by atoms with E-state index >= 15 is 0 Å². The third kappa shape index (κ3) is 6.00. The zero-order valence-corrected chi connectivity index (χ0v) is 18.5. The van der Waals surface area contributed by atoms with Crippen molar-refractivity contribution in [1.82, 2.24) is 16.0 Å². The highest BCUT2D eigenvalue weighted by molar-refractivity contribution is 5.96. The summed E-state index contributed by atoms with van der Waals surface area (Å²) in [5, 5.41) is 7.57. The van der Waals surface area contributed by atoms with E-state index in [9.17, 15) is 19.2 Å². The number of furan rings is 1. The summed E-state index contributed by atoms with van der Waals surface area (Å²) in [6.45, 7) is 4.71. The van der Waals surface area contributed by atoms with E-state index in [1.54, 1.807) is 31.2 Å². The van der Waals surface area contributed by atoms with Crippen LogP contribution in [0, 0.1) is 13.8 Å². The topological polar surface area (TPSA) is 136 Å². The van der Waals surface area contributed by atoms with Gasteiger partial charge >= 0.3 is 18.0 Å². The minimum atomic E-state index is -0.911. The van der Waals surface area contributed by atoms with Gasteiger partial charge in [0.25, 0.3) is 5.91 Å². The average molecular weight is 455 g/mol. The van der Waals surface area contributed by atoms with Crippen LogP contribution in [0.5, 0.6) is 0 Å². The fourth-order valence-electron chi connectivity index (χ4n) is 3.41. The summed E-state index contributed by atoms with van der Waals surface area (Å²) in [7, 11) is 0. The van der Waals surface area contributed by atoms with Crippen molar-refractivity contribution in [2.24, 2.45) is 0 Å². The van der Waals surface area contributed by atoms with Gasteiger partial charge < -0.3 is 29.8 Å². The highest BCUT2D eigenvalue weighted by Gasteiger charge is 2.35. The number of benzene rings is 1. The molecule has 1 aromatic carbocycles. The van der Waals surface area contributed by atoms with Crippen LogP contribution in [0.1, 0.15) is 40.2 Å². The zero-order chi connectivity index (χ0) is 24.0. The van der Waals surface area contributed by atoms with Crippen LogP contribution in [0.2, 0.25) is 0 Å². The van der Waals surface area contributed by atoms with E-state index in [1.807, 2.05) is 19.9 Å². The molecule has 3 N–H and O–H groups in total. The molecule has 33 heavy (non-hydrogen) atoms. The summed E-state index contributed by atoms with van der Waals surface area (Å²) in [4.78, 5) is 49.3. The van der Waals surface area contributed by atoms with Crippen LogP contribution >= 0.6 is 0 Å². The molecule has 1 atom stereocenters. The van der Waals surface area contributed by atoms with E-state index in [0.29, 0.717) is 11.3 Å². The molecule has 3 rings (SSSR count). The number of esters is 2. The second-order valence-electron chi connectivity index (χ2n) is 7.38. The van der Waals surface area contributed by atoms with E-state index in [1.165, 1.54) is 6.26 Å². The SMILES string of the molecule is CCOC(=O)C1=C(COC(=O)CNC(=O)c2cc(C)cc(C)c2)NC(=O)NC1c1ccco1. The Kier molecular flexibility index (Phi) is 7.50. The van der Waals surface area contributed by atoms with Gasteiger partial charge in [-0.15, -0.1) is 0 Å². The second kappa shape index (κ2) is 10.5. The van der Waals surface area contributed by atoms with E-state index in [0.717, 1.165) is 11.1 Å². The second-order valence-corrected chi connectivity index (χ2v) is 7.38. The molecular weight excluding hydrogens is 430 g/mol. The Morgan fingerprint density at radius 3 is 2.48 bits per heavy atom. The predicted octanol–water partition coefficient (Wildman–Crippen LogP) is 2.04. The first kappa shape index (κ1) is 23.6. The number of aryl methyl sites for hydroxylation is 2. The summed E-state index contributed by atoms with van der Waals surface area (Å²) in [5.41, 5.74) is 2.40. The Morgan fingerprint density at radius 1 is 1.12 bits per heavy atom. The van der Waals surface area contributed by atoms with E-state index in [4.69, 9.17) is 13.9 Å². The molecule has 0 aliphatic carbocycles. The van der Waals surface area contributed by atoms with Crippen LogP contribution < -0.4 is 16.0 Å². The monoisotopic (exact) mass is 455 g/mol. The van der Waals surface area contributed by atoms with Crippen molar-refractivity contribution in [2.45, 2.75) is 26.8 Å². The van der Waals surface area contributed by atoms with Crippen LogP contribution in [0.15, 0.2) is 52.3 Å². The zero-order valence-electron chi connectivity index (χ0n) is 18.5. The molecule has 0 saturated carbocycles. The van der Waals surface area contributed by atoms with Crippen molar-refractivity contribution in [2.75, 3.05) is 19.8 Å². The number of carbonyl (C=O) groups is 4. The van der Waals surface area contributed by atoms with Crippen molar-refractivity contribution in [1.29, 1.82) is 0 Å². The summed E-state index contributed by atoms with van der Waals surface area (Å²) in [6.07, 6.45) is 1.41. The van der Waals surface area contributed by atoms with Crippen molar-refractivity contribution in [3.63, 3.8) is 0 Å². The number of carbonyl (C=O) groups excluding carboxylic acids is 4. The number of amides is 3. The van der Waals surface area contributed by atoms with E-state index < -0.39 is 36.5 Å². The lowest BCUT2D eigenvalue weighted by Gasteiger charge is -2.27. The summed E-state index contributed by atoms with van der Waals surface area (Å²) in [5.74, 6) is -1.54. The molecule has 1 aromatic heterocycles. The first-order valence-corrected chi connectivity index (χ1v) is 10.3. The highest BCUT2D eigenvalue weighted by Crippen LogP contribution is 2.28. The van der Waals surface area contributed by atoms with Gasteiger partial charge in [0, 0.05) is 5.56 Å². The number of hydrogen-bond donors (Lipinski definition) is 3. The molecule has 1 unspecified atom stereocenters. The fourth-order valence-corrected chi connectivity index (χ4v) is 3.41. The molecule has 174 valence electrons. The predicted molar refractivity (Wildman–Crippen MR) is 116 cm³/mol. The lowest BCUT2D eigenvalue weighted by molar-refractivity contribution is -0.142. The molecule has 2 heterocycles. The largest absolute Gasteiger partial charge is 0.467 e. The molecule has 0 spiro atoms. The highest BCUT2D eigenvalue weighted by atomic mass is 16.5. The Morgan fingerprint density at radius 2 is 1.85 bits per heavy atom. The van der Waals surface area contributed by atoms with Gasteiger partial charge in [-0.2, -0.15) is 0 Å². The molecule has 2 aromatic rings. The summed E-state index contributed by atoms with van der Waals surface area (Å²) in [6, 6.07) is 7.06. The molecule has 1 aliphatic rings. The number of ether oxygens (including phenoxy) is 2. The van der Waals surface area contributed by atoms with Gasteiger partial charge in [0.1, 0.15) is 25.0 Å². The molecule has 1 aliphatic heterocycles. The number of nitrogens with one attached hydrogen (secondary N) is 3. The molecule has 0 bridgehead atoms. The smallest absolute Gasteiger partial charge is 0.338 e. The van der Waals surface area contributed by atoms with E-state index in [2.05, 4.69) is 16.0 Å². The Labute approximate surface area is 190 Å². The van der Waals surface area contributed by atoms with Gasteiger partial charge in [-0.05, 0) is 45.0 Å². The minimum Gasteiger partial charge on any atom is -0.467 e. The Bertz CT molecular complexity index is 1070. The lowest BCUT2D eigenvalue weighted by Crippen LogP contribution is -2.47. The molecule has 0 fully saturated rings. The van der Waals surface area contributed by atoms with Gasteiger partial charge in [0.15, 0.2) is 0 Å². The van der Waals surface area contributed by atoms with Crippen LogP contribution in [0.4, 0.5) is 4.79 Å². The van der Waals surface area contributed by atoms with Crippen molar-refractivity contribution in [3.05, 3.63) is 70.3 Å². The summed E-state index contributed by atoms with van der Waals surface area (Å²) >= 11 is 0.